The van der Waals surface area contributed by atoms with Gasteiger partial charge in [0.25, 0.3) is 0 Å². The summed E-state index contributed by atoms with van der Waals surface area (Å²) in [6.45, 7) is 1.78. The molecule has 1 rings (SSSR count). The summed E-state index contributed by atoms with van der Waals surface area (Å²) >= 11 is 0. The van der Waals surface area contributed by atoms with Crippen LogP contribution in [0.5, 0.6) is 0 Å². The molecular weight excluding hydrogens is 220 g/mol. The van der Waals surface area contributed by atoms with Gasteiger partial charge < -0.3 is 11.1 Å². The summed E-state index contributed by atoms with van der Waals surface area (Å²) in [6.07, 6.45) is 0.910. The van der Waals surface area contributed by atoms with E-state index < -0.39 is 6.03 Å². The maximum absolute atomic E-state index is 11.2. The van der Waals surface area contributed by atoms with E-state index in [1.165, 1.54) is 7.05 Å². The van der Waals surface area contributed by atoms with Crippen LogP contribution in [0.1, 0.15) is 6.42 Å². The zero-order valence-corrected chi connectivity index (χ0v) is 9.47. The number of halogens is 1. The second-order valence-corrected chi connectivity index (χ2v) is 3.41. The van der Waals surface area contributed by atoms with Crippen LogP contribution in [-0.4, -0.2) is 49.6 Å². The third-order valence-corrected chi connectivity index (χ3v) is 2.16. The average molecular weight is 237 g/mol. The Morgan fingerprint density at radius 1 is 1.53 bits per heavy atom. The van der Waals surface area contributed by atoms with E-state index >= 15 is 0 Å². The Balaban J connectivity index is 0.00000196. The number of likely N-dealkylation sites (tertiary alicyclic amines) is 1. The van der Waals surface area contributed by atoms with Crippen molar-refractivity contribution in [2.45, 2.75) is 12.5 Å². The van der Waals surface area contributed by atoms with E-state index in [9.17, 15) is 9.59 Å². The molecule has 0 bridgehead atoms. The van der Waals surface area contributed by atoms with Gasteiger partial charge in [0.05, 0.1) is 6.54 Å². The van der Waals surface area contributed by atoms with Gasteiger partial charge in [0.1, 0.15) is 0 Å². The quantitative estimate of drug-likeness (QED) is 0.568. The van der Waals surface area contributed by atoms with Crippen molar-refractivity contribution in [3.05, 3.63) is 0 Å². The number of carbonyl (C=O) groups is 2. The van der Waals surface area contributed by atoms with Gasteiger partial charge in [-0.2, -0.15) is 0 Å². The van der Waals surface area contributed by atoms with Gasteiger partial charge in [0.2, 0.25) is 5.91 Å². The molecule has 1 atom stereocenters. The molecule has 1 heterocycles. The van der Waals surface area contributed by atoms with E-state index in [1.807, 2.05) is 4.90 Å². The fraction of sp³-hybridized carbons (Fsp3) is 0.750. The van der Waals surface area contributed by atoms with Crippen molar-refractivity contribution in [1.29, 1.82) is 0 Å². The Kier molecular flexibility index (Phi) is 6.23. The first-order valence-corrected chi connectivity index (χ1v) is 4.61. The van der Waals surface area contributed by atoms with Crippen LogP contribution < -0.4 is 16.4 Å². The molecule has 1 saturated heterocycles. The molecule has 6 nitrogen and oxygen atoms in total. The molecule has 0 aromatic carbocycles. The lowest BCUT2D eigenvalue weighted by molar-refractivity contribution is -0.120. The number of rotatable bonds is 2. The lowest BCUT2D eigenvalue weighted by atomic mass is 10.3. The van der Waals surface area contributed by atoms with E-state index in [-0.39, 0.29) is 30.9 Å². The number of imide groups is 1. The number of nitrogens with two attached hydrogens (primary N) is 1. The highest BCUT2D eigenvalue weighted by Gasteiger charge is 2.21. The molecule has 0 aromatic rings. The highest BCUT2D eigenvalue weighted by atomic mass is 35.5. The molecule has 0 radical (unpaired) electrons. The fourth-order valence-corrected chi connectivity index (χ4v) is 1.44. The van der Waals surface area contributed by atoms with Gasteiger partial charge in [-0.3, -0.25) is 15.0 Å². The standard InChI is InChI=1S/C8H16N4O2.ClH/c1-10-8(14)11-7(13)5-12-3-2-6(9)4-12;/h6H,2-5,9H2,1H3,(H2,10,11,13,14);1H/t6-;/m0./s1. The van der Waals surface area contributed by atoms with Crippen LogP contribution in [0.4, 0.5) is 4.79 Å². The van der Waals surface area contributed by atoms with E-state index in [2.05, 4.69) is 10.6 Å². The zero-order valence-electron chi connectivity index (χ0n) is 8.66. The van der Waals surface area contributed by atoms with Crippen LogP contribution >= 0.6 is 12.4 Å². The maximum atomic E-state index is 11.2. The van der Waals surface area contributed by atoms with Gasteiger partial charge in [0, 0.05) is 26.2 Å². The van der Waals surface area contributed by atoms with E-state index in [0.717, 1.165) is 19.5 Å². The number of carbonyl (C=O) groups excluding carboxylic acids is 2. The van der Waals surface area contributed by atoms with Crippen LogP contribution in [0, 0.1) is 0 Å². The van der Waals surface area contributed by atoms with Crippen molar-refractivity contribution in [2.75, 3.05) is 26.7 Å². The predicted octanol–water partition coefficient (Wildman–Crippen LogP) is -1.10. The molecule has 7 heteroatoms. The molecule has 1 aliphatic rings. The minimum Gasteiger partial charge on any atom is -0.341 e. The third-order valence-electron chi connectivity index (χ3n) is 2.16. The number of amides is 3. The van der Waals surface area contributed by atoms with E-state index in [4.69, 9.17) is 5.73 Å². The number of hydrogen-bond donors (Lipinski definition) is 3. The monoisotopic (exact) mass is 236 g/mol. The smallest absolute Gasteiger partial charge is 0.321 e. The van der Waals surface area contributed by atoms with Crippen molar-refractivity contribution in [1.82, 2.24) is 15.5 Å². The Bertz CT molecular complexity index is 237. The molecule has 0 unspecified atom stereocenters. The second-order valence-electron chi connectivity index (χ2n) is 3.41. The first-order valence-electron chi connectivity index (χ1n) is 4.61. The number of hydrogen-bond acceptors (Lipinski definition) is 4. The molecule has 88 valence electrons. The molecular formula is C8H17ClN4O2. The zero-order chi connectivity index (χ0) is 10.6. The summed E-state index contributed by atoms with van der Waals surface area (Å²) in [5.41, 5.74) is 5.68. The number of urea groups is 1. The van der Waals surface area contributed by atoms with Crippen LogP contribution in [0.3, 0.4) is 0 Å². The summed E-state index contributed by atoms with van der Waals surface area (Å²) in [4.78, 5) is 23.9. The molecule has 15 heavy (non-hydrogen) atoms. The van der Waals surface area contributed by atoms with Crippen molar-refractivity contribution in [3.63, 3.8) is 0 Å². The molecule has 3 amide bonds. The van der Waals surface area contributed by atoms with Crippen molar-refractivity contribution in [2.24, 2.45) is 5.73 Å². The second kappa shape index (κ2) is 6.60. The molecule has 1 aliphatic heterocycles. The Hall–Kier alpha value is -0.850. The molecule has 4 N–H and O–H groups in total. The molecule has 1 fully saturated rings. The Morgan fingerprint density at radius 3 is 2.67 bits per heavy atom. The van der Waals surface area contributed by atoms with Gasteiger partial charge in [0.15, 0.2) is 0 Å². The predicted molar refractivity (Wildman–Crippen MR) is 58.9 cm³/mol. The maximum Gasteiger partial charge on any atom is 0.321 e. The minimum atomic E-state index is -0.474. The summed E-state index contributed by atoms with van der Waals surface area (Å²) in [7, 11) is 1.47. The normalized spacial score (nSPS) is 20.5. The molecule has 0 aliphatic carbocycles. The fourth-order valence-electron chi connectivity index (χ4n) is 1.44. The SMILES string of the molecule is CNC(=O)NC(=O)CN1CC[C@H](N)C1.Cl. The topological polar surface area (TPSA) is 87.5 Å². The van der Waals surface area contributed by atoms with Gasteiger partial charge in [-0.15, -0.1) is 12.4 Å². The number of nitrogens with one attached hydrogen (secondary N) is 2. The van der Waals surface area contributed by atoms with Gasteiger partial charge in [-0.25, -0.2) is 4.79 Å². The third kappa shape index (κ3) is 4.96. The van der Waals surface area contributed by atoms with Crippen LogP contribution in [0.25, 0.3) is 0 Å². The van der Waals surface area contributed by atoms with Gasteiger partial charge in [-0.1, -0.05) is 0 Å². The number of nitrogens with zero attached hydrogens (tertiary/aromatic N) is 1. The highest BCUT2D eigenvalue weighted by Crippen LogP contribution is 2.05. The van der Waals surface area contributed by atoms with E-state index in [0.29, 0.717) is 0 Å². The summed E-state index contributed by atoms with van der Waals surface area (Å²) in [6, 6.07) is -0.318. The van der Waals surface area contributed by atoms with Crippen LogP contribution in [0.15, 0.2) is 0 Å². The Labute approximate surface area is 95.0 Å². The first kappa shape index (κ1) is 14.2. The van der Waals surface area contributed by atoms with Crippen molar-refractivity contribution >= 4 is 24.3 Å². The lowest BCUT2D eigenvalue weighted by Crippen LogP contribution is -2.43. The largest absolute Gasteiger partial charge is 0.341 e. The molecule has 0 spiro atoms. The van der Waals surface area contributed by atoms with Crippen LogP contribution in [-0.2, 0) is 4.79 Å². The summed E-state index contributed by atoms with van der Waals surface area (Å²) in [5, 5.41) is 4.52. The van der Waals surface area contributed by atoms with E-state index in [1.54, 1.807) is 0 Å². The van der Waals surface area contributed by atoms with Crippen molar-refractivity contribution < 1.29 is 9.59 Å². The lowest BCUT2D eigenvalue weighted by Gasteiger charge is -2.13. The first-order chi connectivity index (χ1) is 6.61. The minimum absolute atomic E-state index is 0. The highest BCUT2D eigenvalue weighted by molar-refractivity contribution is 5.95. The van der Waals surface area contributed by atoms with Gasteiger partial charge >= 0.3 is 6.03 Å². The van der Waals surface area contributed by atoms with Crippen molar-refractivity contribution in [3.8, 4) is 0 Å². The van der Waals surface area contributed by atoms with Crippen LogP contribution in [0.2, 0.25) is 0 Å². The average Bonchev–Trinajstić information content (AvgIpc) is 2.50. The summed E-state index contributed by atoms with van der Waals surface area (Å²) in [5.74, 6) is -0.293. The Morgan fingerprint density at radius 2 is 2.20 bits per heavy atom. The van der Waals surface area contributed by atoms with Gasteiger partial charge in [-0.05, 0) is 6.42 Å². The molecule has 0 saturated carbocycles. The molecule has 0 aromatic heterocycles. The summed E-state index contributed by atoms with van der Waals surface area (Å²) < 4.78 is 0.